The minimum atomic E-state index is -0.713. The molecule has 0 radical (unpaired) electrons. The van der Waals surface area contributed by atoms with Crippen molar-refractivity contribution in [1.29, 1.82) is 0 Å². The van der Waals surface area contributed by atoms with Crippen LogP contribution < -0.4 is 14.9 Å². The first-order valence-corrected chi connectivity index (χ1v) is 8.47. The Balaban J connectivity index is 1.74. The van der Waals surface area contributed by atoms with Crippen molar-refractivity contribution in [1.82, 2.24) is 4.57 Å². The first kappa shape index (κ1) is 16.5. The molecule has 7 heteroatoms. The predicted molar refractivity (Wildman–Crippen MR) is 97.2 cm³/mol. The second-order valence-corrected chi connectivity index (χ2v) is 6.69. The highest BCUT2D eigenvalue weighted by molar-refractivity contribution is 7.16. The van der Waals surface area contributed by atoms with Crippen LogP contribution in [0.15, 0.2) is 47.3 Å². The quantitative estimate of drug-likeness (QED) is 0.770. The van der Waals surface area contributed by atoms with Crippen LogP contribution in [0.25, 0.3) is 10.2 Å². The van der Waals surface area contributed by atoms with Gasteiger partial charge in [-0.3, -0.25) is 9.59 Å². The Morgan fingerprint density at radius 2 is 2.04 bits per heavy atom. The monoisotopic (exact) mass is 362 g/mol. The Bertz CT molecular complexity index is 964. The zero-order chi connectivity index (χ0) is 17.3. The summed E-state index contributed by atoms with van der Waals surface area (Å²) < 4.78 is 7.99. The lowest BCUT2D eigenvalue weighted by atomic mass is 10.2. The summed E-state index contributed by atoms with van der Waals surface area (Å²) in [7, 11) is 1.72. The minimum Gasteiger partial charge on any atom is -0.479 e. The van der Waals surface area contributed by atoms with Gasteiger partial charge in [-0.2, -0.15) is 0 Å². The van der Waals surface area contributed by atoms with Crippen molar-refractivity contribution in [2.24, 2.45) is 7.05 Å². The molecule has 1 aromatic heterocycles. The molecule has 0 fully saturated rings. The number of halogens is 1. The molecule has 0 spiro atoms. The fourth-order valence-electron chi connectivity index (χ4n) is 2.24. The highest BCUT2D eigenvalue weighted by Gasteiger charge is 2.16. The zero-order valence-corrected chi connectivity index (χ0v) is 14.6. The van der Waals surface area contributed by atoms with Crippen LogP contribution in [0.5, 0.6) is 5.75 Å². The van der Waals surface area contributed by atoms with E-state index in [0.717, 1.165) is 21.6 Å². The number of benzene rings is 2. The minimum absolute atomic E-state index is 0.0381. The summed E-state index contributed by atoms with van der Waals surface area (Å²) in [6.45, 7) is 1.65. The fourth-order valence-corrected chi connectivity index (χ4v) is 3.34. The second kappa shape index (κ2) is 6.67. The lowest BCUT2D eigenvalue weighted by Crippen LogP contribution is -2.30. The summed E-state index contributed by atoms with van der Waals surface area (Å²) in [4.78, 5) is 23.9. The van der Waals surface area contributed by atoms with Crippen LogP contribution in [0.2, 0.25) is 5.02 Å². The predicted octanol–water partition coefficient (Wildman–Crippen LogP) is 3.66. The summed E-state index contributed by atoms with van der Waals surface area (Å²) in [6.07, 6.45) is -0.713. The number of carbonyl (C=O) groups is 1. The number of anilines is 1. The van der Waals surface area contributed by atoms with Gasteiger partial charge < -0.3 is 14.6 Å². The van der Waals surface area contributed by atoms with Crippen molar-refractivity contribution in [2.45, 2.75) is 13.0 Å². The Kier molecular flexibility index (Phi) is 4.59. The molecule has 1 amide bonds. The highest BCUT2D eigenvalue weighted by Crippen LogP contribution is 2.25. The molecular formula is C17H15ClN2O3S. The molecule has 24 heavy (non-hydrogen) atoms. The molecule has 1 unspecified atom stereocenters. The van der Waals surface area contributed by atoms with Gasteiger partial charge in [-0.05, 0) is 37.3 Å². The summed E-state index contributed by atoms with van der Waals surface area (Å²) >= 11 is 7.17. The van der Waals surface area contributed by atoms with Gasteiger partial charge in [0, 0.05) is 12.7 Å². The molecule has 0 aliphatic heterocycles. The molecule has 0 saturated heterocycles. The number of amides is 1. The molecule has 5 nitrogen and oxygen atoms in total. The first-order chi connectivity index (χ1) is 11.5. The number of rotatable bonds is 4. The number of ether oxygens (including phenoxy) is 1. The van der Waals surface area contributed by atoms with E-state index in [-0.39, 0.29) is 10.8 Å². The van der Waals surface area contributed by atoms with Crippen LogP contribution in [-0.2, 0) is 11.8 Å². The average Bonchev–Trinajstić information content (AvgIpc) is 2.83. The van der Waals surface area contributed by atoms with E-state index >= 15 is 0 Å². The van der Waals surface area contributed by atoms with Crippen molar-refractivity contribution in [3.05, 3.63) is 57.2 Å². The maximum Gasteiger partial charge on any atom is 0.307 e. The molecule has 0 saturated carbocycles. The van der Waals surface area contributed by atoms with E-state index in [1.807, 2.05) is 6.07 Å². The molecular weight excluding hydrogens is 348 g/mol. The van der Waals surface area contributed by atoms with Gasteiger partial charge in [0.15, 0.2) is 6.10 Å². The number of para-hydroxylation sites is 1. The highest BCUT2D eigenvalue weighted by atomic mass is 35.5. The number of aromatic nitrogens is 1. The van der Waals surface area contributed by atoms with Crippen LogP contribution >= 0.6 is 22.9 Å². The number of nitrogens with zero attached hydrogens (tertiary/aromatic N) is 1. The van der Waals surface area contributed by atoms with Crippen molar-refractivity contribution < 1.29 is 9.53 Å². The second-order valence-electron chi connectivity index (χ2n) is 5.29. The molecule has 0 aliphatic rings. The van der Waals surface area contributed by atoms with E-state index in [1.54, 1.807) is 54.9 Å². The normalized spacial score (nSPS) is 12.1. The van der Waals surface area contributed by atoms with Gasteiger partial charge in [0.25, 0.3) is 5.91 Å². The zero-order valence-electron chi connectivity index (χ0n) is 13.1. The maximum absolute atomic E-state index is 12.3. The van der Waals surface area contributed by atoms with E-state index in [0.29, 0.717) is 16.5 Å². The topological polar surface area (TPSA) is 60.3 Å². The molecule has 0 bridgehead atoms. The molecule has 1 heterocycles. The molecule has 3 rings (SSSR count). The molecule has 124 valence electrons. The molecule has 1 atom stereocenters. The number of aryl methyl sites for hydroxylation is 1. The van der Waals surface area contributed by atoms with Crippen LogP contribution in [-0.4, -0.2) is 16.6 Å². The summed E-state index contributed by atoms with van der Waals surface area (Å²) in [6, 6.07) is 12.3. The van der Waals surface area contributed by atoms with Gasteiger partial charge in [-0.1, -0.05) is 35.1 Å². The van der Waals surface area contributed by atoms with E-state index in [9.17, 15) is 9.59 Å². The number of thiazole rings is 1. The molecule has 2 aromatic carbocycles. The molecule has 0 aliphatic carbocycles. The Labute approximate surface area is 147 Å². The number of hydrogen-bond donors (Lipinski definition) is 1. The van der Waals surface area contributed by atoms with Gasteiger partial charge in [0.1, 0.15) is 5.75 Å². The number of fused-ring (bicyclic) bond motifs is 1. The van der Waals surface area contributed by atoms with E-state index < -0.39 is 6.10 Å². The van der Waals surface area contributed by atoms with Crippen LogP contribution in [0.4, 0.5) is 5.69 Å². The summed E-state index contributed by atoms with van der Waals surface area (Å²) in [5.74, 6) is 0.163. The third-order valence-corrected chi connectivity index (χ3v) is 4.88. The first-order valence-electron chi connectivity index (χ1n) is 7.27. The van der Waals surface area contributed by atoms with Crippen LogP contribution in [0.1, 0.15) is 6.92 Å². The molecule has 1 N–H and O–H groups in total. The maximum atomic E-state index is 12.3. The van der Waals surface area contributed by atoms with Gasteiger partial charge in [0.05, 0.1) is 15.2 Å². The lowest BCUT2D eigenvalue weighted by Gasteiger charge is -2.15. The Morgan fingerprint density at radius 3 is 2.79 bits per heavy atom. The average molecular weight is 363 g/mol. The van der Waals surface area contributed by atoms with Crippen molar-refractivity contribution in [2.75, 3.05) is 5.32 Å². The Hall–Kier alpha value is -2.31. The van der Waals surface area contributed by atoms with E-state index in [1.165, 1.54) is 0 Å². The van der Waals surface area contributed by atoms with Crippen LogP contribution in [0.3, 0.4) is 0 Å². The van der Waals surface area contributed by atoms with Gasteiger partial charge in [-0.15, -0.1) is 0 Å². The summed E-state index contributed by atoms with van der Waals surface area (Å²) in [5, 5.41) is 3.24. The third kappa shape index (κ3) is 3.29. The van der Waals surface area contributed by atoms with Gasteiger partial charge in [0.2, 0.25) is 0 Å². The standard InChI is InChI=1S/C17H15ClN2O3S/c1-10(23-14-6-4-3-5-12(14)18)16(21)19-11-7-8-13-15(9-11)24-17(22)20(13)2/h3-10H,1-2H3,(H,19,21). The lowest BCUT2D eigenvalue weighted by molar-refractivity contribution is -0.122. The van der Waals surface area contributed by atoms with Crippen molar-refractivity contribution in [3.8, 4) is 5.75 Å². The third-order valence-electron chi connectivity index (χ3n) is 3.57. The van der Waals surface area contributed by atoms with Gasteiger partial charge in [-0.25, -0.2) is 0 Å². The number of hydrogen-bond acceptors (Lipinski definition) is 4. The Morgan fingerprint density at radius 1 is 1.29 bits per heavy atom. The van der Waals surface area contributed by atoms with Crippen molar-refractivity contribution in [3.63, 3.8) is 0 Å². The van der Waals surface area contributed by atoms with E-state index in [2.05, 4.69) is 5.32 Å². The van der Waals surface area contributed by atoms with E-state index in [4.69, 9.17) is 16.3 Å². The largest absolute Gasteiger partial charge is 0.479 e. The number of carbonyl (C=O) groups excluding carboxylic acids is 1. The van der Waals surface area contributed by atoms with Gasteiger partial charge >= 0.3 is 4.87 Å². The summed E-state index contributed by atoms with van der Waals surface area (Å²) in [5.41, 5.74) is 1.45. The fraction of sp³-hybridized carbons (Fsp3) is 0.176. The number of nitrogens with one attached hydrogen (secondary N) is 1. The molecule has 3 aromatic rings. The van der Waals surface area contributed by atoms with Crippen molar-refractivity contribution >= 4 is 44.7 Å². The SMILES string of the molecule is CC(Oc1ccccc1Cl)C(=O)Nc1ccc2c(c1)sc(=O)n2C. The smallest absolute Gasteiger partial charge is 0.307 e. The van der Waals surface area contributed by atoms with Crippen LogP contribution in [0, 0.1) is 0 Å².